The molecule has 4 aromatic rings. The number of furan rings is 2. The zero-order valence-electron chi connectivity index (χ0n) is 32.8. The highest BCUT2D eigenvalue weighted by molar-refractivity contribution is 7.91. The third-order valence-electron chi connectivity index (χ3n) is 12.2. The molecule has 9 rings (SSSR count). The van der Waals surface area contributed by atoms with Gasteiger partial charge in [0.1, 0.15) is 40.9 Å². The van der Waals surface area contributed by atoms with E-state index in [0.29, 0.717) is 49.0 Å². The van der Waals surface area contributed by atoms with Gasteiger partial charge in [-0.25, -0.2) is 18.2 Å². The molecule has 0 spiro atoms. The molecule has 4 amide bonds. The maximum atomic E-state index is 14.7. The van der Waals surface area contributed by atoms with Crippen LogP contribution >= 0.6 is 0 Å². The molecular formula is C42H48N6O10S. The summed E-state index contributed by atoms with van der Waals surface area (Å²) in [6, 6.07) is 6.97. The molecule has 3 N–H and O–H groups in total. The van der Waals surface area contributed by atoms with Crippen LogP contribution in [-0.2, 0) is 29.1 Å². The number of hydrogen-bond donors (Lipinski definition) is 3. The molecule has 0 bridgehead atoms. The van der Waals surface area contributed by atoms with Crippen molar-refractivity contribution in [2.45, 2.75) is 125 Å². The van der Waals surface area contributed by atoms with E-state index < -0.39 is 68.7 Å². The number of aryl methyl sites for hydroxylation is 1. The van der Waals surface area contributed by atoms with E-state index in [4.69, 9.17) is 28.3 Å². The minimum Gasteiger partial charge on any atom is -0.470 e. The number of nitrogens with one attached hydrogen (secondary N) is 3. The molecule has 3 saturated carbocycles. The van der Waals surface area contributed by atoms with Crippen molar-refractivity contribution in [1.29, 1.82) is 0 Å². The Morgan fingerprint density at radius 1 is 1.00 bits per heavy atom. The summed E-state index contributed by atoms with van der Waals surface area (Å²) < 4.78 is 52.3. The van der Waals surface area contributed by atoms with E-state index in [0.717, 1.165) is 49.5 Å². The second-order valence-electron chi connectivity index (χ2n) is 16.6. The average Bonchev–Trinajstić information content (AvgIpc) is 3.82. The summed E-state index contributed by atoms with van der Waals surface area (Å²) in [5.74, 6) is -1.68. The first kappa shape index (κ1) is 39.0. The van der Waals surface area contributed by atoms with Crippen molar-refractivity contribution in [2.24, 2.45) is 5.92 Å². The molecule has 16 nitrogen and oxygen atoms in total. The summed E-state index contributed by atoms with van der Waals surface area (Å²) in [4.78, 5) is 67.2. The largest absolute Gasteiger partial charge is 0.470 e. The number of hydrogen-bond acceptors (Lipinski definition) is 12. The SMILES string of the molecule is Cc1ccc2oc3c(O[C@@H]4C[C@H]5C(=O)N[C@]6(C(=O)NS(=O)(=O)C7CC7)C[C@H]6C=CCCCCC[C@H](NC(=O)OC6CCCC6)C(=O)N5C4)nc(-c4ccco4)nc3c2c1. The van der Waals surface area contributed by atoms with Crippen LogP contribution in [0.15, 0.2) is 57.6 Å². The summed E-state index contributed by atoms with van der Waals surface area (Å²) in [6.45, 7) is 1.88. The first-order valence-corrected chi connectivity index (χ1v) is 22.3. The van der Waals surface area contributed by atoms with Crippen LogP contribution in [0.5, 0.6) is 5.88 Å². The van der Waals surface area contributed by atoms with Crippen molar-refractivity contribution in [3.8, 4) is 17.5 Å². The lowest BCUT2D eigenvalue weighted by Gasteiger charge is -2.30. The smallest absolute Gasteiger partial charge is 0.408 e. The quantitative estimate of drug-likeness (QED) is 0.192. The minimum absolute atomic E-state index is 0.0176. The molecule has 17 heteroatoms. The Morgan fingerprint density at radius 2 is 1.81 bits per heavy atom. The summed E-state index contributed by atoms with van der Waals surface area (Å²) in [7, 11) is -3.92. The van der Waals surface area contributed by atoms with Crippen molar-refractivity contribution in [2.75, 3.05) is 6.54 Å². The highest BCUT2D eigenvalue weighted by Gasteiger charge is 2.62. The van der Waals surface area contributed by atoms with Gasteiger partial charge in [0.2, 0.25) is 27.4 Å². The number of benzene rings is 1. The number of aromatic nitrogens is 2. The molecule has 2 aliphatic heterocycles. The van der Waals surface area contributed by atoms with Gasteiger partial charge in [0, 0.05) is 17.7 Å². The number of sulfonamides is 1. The monoisotopic (exact) mass is 828 g/mol. The van der Waals surface area contributed by atoms with Crippen LogP contribution in [0.2, 0.25) is 0 Å². The predicted octanol–water partition coefficient (Wildman–Crippen LogP) is 5.33. The molecule has 0 radical (unpaired) electrons. The van der Waals surface area contributed by atoms with Gasteiger partial charge in [-0.1, -0.05) is 36.6 Å². The lowest BCUT2D eigenvalue weighted by Crippen LogP contribution is -2.58. The fourth-order valence-electron chi connectivity index (χ4n) is 8.67. The standard InChI is InChI=1S/C42H48N6O10S/c1-24-15-18-32-29(20-24)34-35(58-32)38(45-36(44-34)33-14-9-19-55-33)56-27-21-31-37(49)46-42(40(51)47-59(53,54)28-16-17-28)22-25(42)10-5-3-2-4-6-13-30(39(50)48(31)23-27)43-41(52)57-26-11-7-8-12-26/h5,9-10,14-15,18-20,25-28,30-31H,2-4,6-8,11-13,16-17,21-23H2,1H3,(H,43,52)(H,46,49)(H,47,51)/t25-,27-,30+,31+,42-/m1/s1. The van der Waals surface area contributed by atoms with Crippen LogP contribution in [0.3, 0.4) is 0 Å². The Balaban J connectivity index is 1.05. The molecule has 0 unspecified atom stereocenters. The third-order valence-corrected chi connectivity index (χ3v) is 14.0. The first-order valence-electron chi connectivity index (χ1n) is 20.7. The predicted molar refractivity (Wildman–Crippen MR) is 213 cm³/mol. The van der Waals surface area contributed by atoms with Crippen LogP contribution in [0.25, 0.3) is 33.7 Å². The fourth-order valence-corrected chi connectivity index (χ4v) is 10.0. The van der Waals surface area contributed by atoms with Gasteiger partial charge in [-0.05, 0) is 95.4 Å². The number of carbonyl (C=O) groups excluding carboxylic acids is 4. The number of amides is 4. The second kappa shape index (κ2) is 15.6. The Morgan fingerprint density at radius 3 is 2.59 bits per heavy atom. The van der Waals surface area contributed by atoms with Gasteiger partial charge >= 0.3 is 6.09 Å². The Labute approximate surface area is 340 Å². The molecule has 3 aromatic heterocycles. The molecule has 5 atom stereocenters. The van der Waals surface area contributed by atoms with E-state index in [1.165, 1.54) is 11.2 Å². The maximum Gasteiger partial charge on any atom is 0.408 e. The highest BCUT2D eigenvalue weighted by Crippen LogP contribution is 2.46. The average molecular weight is 829 g/mol. The van der Waals surface area contributed by atoms with Gasteiger partial charge < -0.3 is 33.8 Å². The number of allylic oxidation sites excluding steroid dienone is 1. The summed E-state index contributed by atoms with van der Waals surface area (Å²) in [6.07, 6.45) is 11.3. The Bertz CT molecular complexity index is 2420. The molecule has 5 aliphatic rings. The summed E-state index contributed by atoms with van der Waals surface area (Å²) in [5, 5.41) is 5.81. The minimum atomic E-state index is -3.92. The van der Waals surface area contributed by atoms with Crippen LogP contribution in [0, 0.1) is 12.8 Å². The maximum absolute atomic E-state index is 14.7. The Hall–Kier alpha value is -5.45. The van der Waals surface area contributed by atoms with Gasteiger partial charge in [-0.2, -0.15) is 4.98 Å². The van der Waals surface area contributed by atoms with E-state index in [9.17, 15) is 27.6 Å². The van der Waals surface area contributed by atoms with Crippen LogP contribution in [0.4, 0.5) is 4.79 Å². The van der Waals surface area contributed by atoms with E-state index in [-0.39, 0.29) is 42.8 Å². The van der Waals surface area contributed by atoms with E-state index in [1.807, 2.05) is 37.3 Å². The number of carbonyl (C=O) groups is 4. The number of ether oxygens (including phenoxy) is 2. The second-order valence-corrected chi connectivity index (χ2v) is 18.6. The topological polar surface area (TPSA) is 212 Å². The Kier molecular flexibility index (Phi) is 10.3. The number of nitrogens with zero attached hydrogens (tertiary/aromatic N) is 3. The van der Waals surface area contributed by atoms with Crippen LogP contribution in [0.1, 0.15) is 89.0 Å². The molecular weight excluding hydrogens is 781 g/mol. The van der Waals surface area contributed by atoms with Crippen molar-refractivity contribution in [3.63, 3.8) is 0 Å². The fraction of sp³-hybridized carbons (Fsp3) is 0.524. The zero-order chi connectivity index (χ0) is 40.9. The lowest BCUT2D eigenvalue weighted by molar-refractivity contribution is -0.141. The molecule has 4 fully saturated rings. The normalized spacial score (nSPS) is 26.8. The van der Waals surface area contributed by atoms with Gasteiger partial charge in [-0.15, -0.1) is 0 Å². The number of fused-ring (bicyclic) bond motifs is 5. The number of alkyl carbamates (subject to hydrolysis) is 1. The van der Waals surface area contributed by atoms with Crippen LogP contribution < -0.4 is 20.1 Å². The number of rotatable bonds is 8. The molecule has 3 aliphatic carbocycles. The molecule has 5 heterocycles. The summed E-state index contributed by atoms with van der Waals surface area (Å²) >= 11 is 0. The lowest BCUT2D eigenvalue weighted by atomic mass is 10.0. The van der Waals surface area contributed by atoms with Gasteiger partial charge in [0.15, 0.2) is 11.6 Å². The molecule has 312 valence electrons. The first-order chi connectivity index (χ1) is 28.5. The zero-order valence-corrected chi connectivity index (χ0v) is 33.6. The van der Waals surface area contributed by atoms with Gasteiger partial charge in [-0.3, -0.25) is 19.1 Å². The molecule has 1 aromatic carbocycles. The molecule has 59 heavy (non-hydrogen) atoms. The van der Waals surface area contributed by atoms with Crippen molar-refractivity contribution >= 4 is 55.9 Å². The van der Waals surface area contributed by atoms with E-state index in [1.54, 1.807) is 12.1 Å². The highest BCUT2D eigenvalue weighted by atomic mass is 32.2. The third kappa shape index (κ3) is 8.00. The van der Waals surface area contributed by atoms with Gasteiger partial charge in [0.25, 0.3) is 11.8 Å². The van der Waals surface area contributed by atoms with E-state index >= 15 is 0 Å². The van der Waals surface area contributed by atoms with Crippen molar-refractivity contribution in [1.82, 2.24) is 30.2 Å². The van der Waals surface area contributed by atoms with E-state index in [2.05, 4.69) is 15.4 Å². The van der Waals surface area contributed by atoms with Crippen molar-refractivity contribution in [3.05, 3.63) is 54.3 Å². The molecule has 1 saturated heterocycles. The summed E-state index contributed by atoms with van der Waals surface area (Å²) in [5.41, 5.74) is 0.790. The van der Waals surface area contributed by atoms with Gasteiger partial charge in [0.05, 0.1) is 18.1 Å². The van der Waals surface area contributed by atoms with Crippen LogP contribution in [-0.4, -0.2) is 88.7 Å². The van der Waals surface area contributed by atoms with Crippen molar-refractivity contribution < 1.29 is 45.9 Å².